The number of carbonyl (C=O) groups is 1. The van der Waals surface area contributed by atoms with Gasteiger partial charge in [0.1, 0.15) is 17.1 Å². The second kappa shape index (κ2) is 7.60. The minimum Gasteiger partial charge on any atom is -0.438 e. The van der Waals surface area contributed by atoms with E-state index >= 15 is 0 Å². The standard InChI is InChI=1S/C20H21N3O3S/c1-27(25)13-14-11-23(12-14)20(24)17-10-21-18(15-6-5-7-15)22-19(17)26-16-8-3-2-4-9-16/h2-4,8-10,13,15H,5-7,11-12H2,1H3. The molecule has 0 bridgehead atoms. The molecule has 0 radical (unpaired) electrons. The summed E-state index contributed by atoms with van der Waals surface area (Å²) in [5.74, 6) is 1.87. The van der Waals surface area contributed by atoms with Crippen LogP contribution in [0.25, 0.3) is 0 Å². The van der Waals surface area contributed by atoms with Crippen LogP contribution in [0.15, 0.2) is 47.5 Å². The molecule has 6 nitrogen and oxygen atoms in total. The maximum atomic E-state index is 12.9. The van der Waals surface area contributed by atoms with Gasteiger partial charge in [-0.25, -0.2) is 4.98 Å². The molecule has 1 saturated carbocycles. The summed E-state index contributed by atoms with van der Waals surface area (Å²) in [7, 11) is -1.00. The number of ether oxygens (including phenoxy) is 1. The van der Waals surface area contributed by atoms with Gasteiger partial charge in [-0.05, 0) is 30.5 Å². The molecule has 1 aromatic carbocycles. The van der Waals surface area contributed by atoms with Crippen molar-refractivity contribution in [1.82, 2.24) is 14.9 Å². The average molecular weight is 383 g/mol. The summed E-state index contributed by atoms with van der Waals surface area (Å²) < 4.78 is 17.2. The van der Waals surface area contributed by atoms with Gasteiger partial charge in [-0.15, -0.1) is 0 Å². The van der Waals surface area contributed by atoms with Gasteiger partial charge in [-0.1, -0.05) is 24.6 Å². The van der Waals surface area contributed by atoms with Crippen molar-refractivity contribution >= 4 is 16.7 Å². The normalized spacial score (nSPS) is 17.7. The van der Waals surface area contributed by atoms with Crippen LogP contribution in [0.5, 0.6) is 11.6 Å². The largest absolute Gasteiger partial charge is 0.438 e. The molecular formula is C20H21N3O3S. The molecule has 1 unspecified atom stereocenters. The van der Waals surface area contributed by atoms with Gasteiger partial charge >= 0.3 is 0 Å². The molecule has 1 aliphatic carbocycles. The van der Waals surface area contributed by atoms with Gasteiger partial charge in [-0.3, -0.25) is 9.00 Å². The number of carbonyl (C=O) groups excluding carboxylic acids is 1. The summed E-state index contributed by atoms with van der Waals surface area (Å²) in [6.07, 6.45) is 6.54. The summed E-state index contributed by atoms with van der Waals surface area (Å²) in [6.45, 7) is 0.959. The highest BCUT2D eigenvalue weighted by atomic mass is 32.2. The van der Waals surface area contributed by atoms with Crippen molar-refractivity contribution in [3.8, 4) is 11.6 Å². The summed E-state index contributed by atoms with van der Waals surface area (Å²) >= 11 is 0. The van der Waals surface area contributed by atoms with E-state index in [-0.39, 0.29) is 5.91 Å². The molecule has 27 heavy (non-hydrogen) atoms. The number of benzene rings is 1. The zero-order chi connectivity index (χ0) is 18.8. The van der Waals surface area contributed by atoms with Gasteiger partial charge in [0.05, 0.1) is 0 Å². The van der Waals surface area contributed by atoms with Crippen molar-refractivity contribution in [3.05, 3.63) is 58.9 Å². The smallest absolute Gasteiger partial charge is 0.261 e. The van der Waals surface area contributed by atoms with Crippen LogP contribution in [0.1, 0.15) is 41.4 Å². The molecule has 1 amide bonds. The van der Waals surface area contributed by atoms with Gasteiger partial charge in [0, 0.05) is 47.7 Å². The highest BCUT2D eigenvalue weighted by Crippen LogP contribution is 2.36. The van der Waals surface area contributed by atoms with Crippen LogP contribution in [0.2, 0.25) is 0 Å². The van der Waals surface area contributed by atoms with Crippen molar-refractivity contribution < 1.29 is 13.7 Å². The lowest BCUT2D eigenvalue weighted by molar-refractivity contribution is 0.0723. The van der Waals surface area contributed by atoms with Crippen LogP contribution in [0, 0.1) is 0 Å². The molecule has 2 heterocycles. The van der Waals surface area contributed by atoms with Gasteiger partial charge in [0.25, 0.3) is 5.91 Å². The molecule has 0 spiro atoms. The fourth-order valence-electron chi connectivity index (χ4n) is 3.13. The van der Waals surface area contributed by atoms with Crippen molar-refractivity contribution in [2.24, 2.45) is 0 Å². The zero-order valence-corrected chi connectivity index (χ0v) is 15.9. The molecule has 1 saturated heterocycles. The van der Waals surface area contributed by atoms with Gasteiger partial charge < -0.3 is 9.64 Å². The first-order valence-electron chi connectivity index (χ1n) is 9.01. The molecule has 2 aliphatic rings. The van der Waals surface area contributed by atoms with E-state index < -0.39 is 10.8 Å². The first-order chi connectivity index (χ1) is 13.1. The monoisotopic (exact) mass is 383 g/mol. The predicted molar refractivity (Wildman–Crippen MR) is 103 cm³/mol. The highest BCUT2D eigenvalue weighted by Gasteiger charge is 2.31. The summed E-state index contributed by atoms with van der Waals surface area (Å²) in [6, 6.07) is 9.33. The van der Waals surface area contributed by atoms with Gasteiger partial charge in [0.15, 0.2) is 0 Å². The molecule has 1 aliphatic heterocycles. The Bertz CT molecular complexity index is 902. The fraction of sp³-hybridized carbons (Fsp3) is 0.350. The first kappa shape index (κ1) is 17.9. The number of rotatable bonds is 5. The molecule has 1 aromatic heterocycles. The number of nitrogens with zero attached hydrogens (tertiary/aromatic N) is 3. The third-order valence-electron chi connectivity index (χ3n) is 4.84. The van der Waals surface area contributed by atoms with Gasteiger partial charge in [-0.2, -0.15) is 4.98 Å². The van der Waals surface area contributed by atoms with Crippen molar-refractivity contribution in [2.75, 3.05) is 19.3 Å². The summed E-state index contributed by atoms with van der Waals surface area (Å²) in [4.78, 5) is 23.6. The molecule has 1 atom stereocenters. The molecule has 0 N–H and O–H groups in total. The second-order valence-corrected chi connectivity index (χ2v) is 8.16. The Morgan fingerprint density at radius 2 is 2.00 bits per heavy atom. The quantitative estimate of drug-likeness (QED) is 0.792. The molecule has 140 valence electrons. The van der Waals surface area contributed by atoms with Crippen LogP contribution >= 0.6 is 0 Å². The third-order valence-corrected chi connectivity index (χ3v) is 5.50. The van der Waals surface area contributed by atoms with Gasteiger partial charge in [0.2, 0.25) is 5.88 Å². The Labute approximate surface area is 160 Å². The lowest BCUT2D eigenvalue weighted by Crippen LogP contribution is -2.44. The maximum absolute atomic E-state index is 12.9. The summed E-state index contributed by atoms with van der Waals surface area (Å²) in [5.41, 5.74) is 1.36. The van der Waals surface area contributed by atoms with E-state index in [0.29, 0.717) is 36.2 Å². The first-order valence-corrected chi connectivity index (χ1v) is 10.6. The minimum atomic E-state index is -1.00. The van der Waals surface area contributed by atoms with E-state index in [2.05, 4.69) is 9.97 Å². The average Bonchev–Trinajstić information content (AvgIpc) is 2.57. The van der Waals surface area contributed by atoms with Crippen LogP contribution in [-0.4, -0.2) is 44.3 Å². The molecule has 4 rings (SSSR count). The number of amides is 1. The molecular weight excluding hydrogens is 362 g/mol. The number of likely N-dealkylation sites (tertiary alicyclic amines) is 1. The zero-order valence-electron chi connectivity index (χ0n) is 15.1. The number of hydrogen-bond acceptors (Lipinski definition) is 5. The topological polar surface area (TPSA) is 72.4 Å². The highest BCUT2D eigenvalue weighted by molar-refractivity contribution is 7.87. The van der Waals surface area contributed by atoms with Crippen LogP contribution in [-0.2, 0) is 10.8 Å². The molecule has 2 fully saturated rings. The molecule has 2 aromatic rings. The third kappa shape index (κ3) is 3.93. The van der Waals surface area contributed by atoms with E-state index in [4.69, 9.17) is 4.74 Å². The minimum absolute atomic E-state index is 0.167. The van der Waals surface area contributed by atoms with E-state index in [1.54, 1.807) is 22.8 Å². The fourth-order valence-corrected chi connectivity index (χ4v) is 3.75. The number of hydrogen-bond donors (Lipinski definition) is 0. The maximum Gasteiger partial charge on any atom is 0.261 e. The Morgan fingerprint density at radius 3 is 2.63 bits per heavy atom. The lowest BCUT2D eigenvalue weighted by atomic mass is 9.85. The molecule has 7 heteroatoms. The van der Waals surface area contributed by atoms with Crippen LogP contribution in [0.4, 0.5) is 0 Å². The van der Waals surface area contributed by atoms with Crippen LogP contribution in [0.3, 0.4) is 0 Å². The van der Waals surface area contributed by atoms with E-state index in [9.17, 15) is 9.00 Å². The van der Waals surface area contributed by atoms with E-state index in [1.165, 1.54) is 6.42 Å². The van der Waals surface area contributed by atoms with Crippen molar-refractivity contribution in [2.45, 2.75) is 25.2 Å². The van der Waals surface area contributed by atoms with Crippen molar-refractivity contribution in [3.63, 3.8) is 0 Å². The Kier molecular flexibility index (Phi) is 5.03. The Balaban J connectivity index is 1.59. The van der Waals surface area contributed by atoms with E-state index in [0.717, 1.165) is 24.2 Å². The Morgan fingerprint density at radius 1 is 1.26 bits per heavy atom. The second-order valence-electron chi connectivity index (χ2n) is 6.93. The Hall–Kier alpha value is -2.54. The van der Waals surface area contributed by atoms with E-state index in [1.807, 2.05) is 30.3 Å². The summed E-state index contributed by atoms with van der Waals surface area (Å²) in [5, 5.41) is 1.70. The van der Waals surface area contributed by atoms with Crippen LogP contribution < -0.4 is 4.74 Å². The van der Waals surface area contributed by atoms with Crippen molar-refractivity contribution in [1.29, 1.82) is 0 Å². The predicted octanol–water partition coefficient (Wildman–Crippen LogP) is 3.25. The SMILES string of the molecule is CS(=O)C=C1CN(C(=O)c2cnc(C3CCC3)nc2Oc2ccccc2)C1. The number of para-hydroxylation sites is 1. The number of aromatic nitrogens is 2. The lowest BCUT2D eigenvalue weighted by Gasteiger charge is -2.34.